The minimum atomic E-state index is -1.21. The Kier molecular flexibility index (Phi) is 13.4. The molecule has 5 atom stereocenters. The third-order valence-corrected chi connectivity index (χ3v) is 5.95. The molecule has 0 aliphatic rings. The van der Waals surface area contributed by atoms with Crippen LogP contribution in [0.15, 0.2) is 30.3 Å². The molecule has 7 N–H and O–H groups in total. The molecule has 1 aromatic rings. The smallest absolute Gasteiger partial charge is 0.326 e. The Morgan fingerprint density at radius 2 is 1.46 bits per heavy atom. The first-order chi connectivity index (χ1) is 16.5. The number of aliphatic hydroxyl groups excluding tert-OH is 1. The molecule has 11 heteroatoms. The number of aliphatic carboxylic acids is 1. The van der Waals surface area contributed by atoms with E-state index in [0.717, 1.165) is 5.56 Å². The molecule has 35 heavy (non-hydrogen) atoms. The summed E-state index contributed by atoms with van der Waals surface area (Å²) in [6.45, 7) is 5.12. The molecule has 0 aliphatic heterocycles. The molecular weight excluding hydrogens is 472 g/mol. The summed E-state index contributed by atoms with van der Waals surface area (Å²) in [5, 5.41) is 26.9. The molecule has 1 rings (SSSR count). The number of thioether (sulfide) groups is 1. The van der Waals surface area contributed by atoms with Crippen LogP contribution in [0.3, 0.4) is 0 Å². The molecule has 0 aromatic heterocycles. The van der Waals surface area contributed by atoms with Gasteiger partial charge in [-0.25, -0.2) is 4.79 Å². The van der Waals surface area contributed by atoms with E-state index >= 15 is 0 Å². The summed E-state index contributed by atoms with van der Waals surface area (Å²) in [6.07, 6.45) is 1.37. The predicted octanol–water partition coefficient (Wildman–Crippen LogP) is 0.275. The summed E-state index contributed by atoms with van der Waals surface area (Å²) in [5.41, 5.74) is 6.47. The van der Waals surface area contributed by atoms with Crippen LogP contribution in [0.5, 0.6) is 0 Å². The largest absolute Gasteiger partial charge is 0.480 e. The van der Waals surface area contributed by atoms with Crippen LogP contribution in [0.4, 0.5) is 0 Å². The average molecular weight is 511 g/mol. The highest BCUT2D eigenvalue weighted by atomic mass is 32.2. The van der Waals surface area contributed by atoms with Crippen LogP contribution in [0, 0.1) is 5.92 Å². The number of carboxylic acids is 1. The van der Waals surface area contributed by atoms with Gasteiger partial charge in [-0.15, -0.1) is 0 Å². The summed E-state index contributed by atoms with van der Waals surface area (Å²) in [4.78, 5) is 50.3. The summed E-state index contributed by atoms with van der Waals surface area (Å²) in [7, 11) is 0. The van der Waals surface area contributed by atoms with E-state index in [9.17, 15) is 29.4 Å². The van der Waals surface area contributed by atoms with Crippen molar-refractivity contribution in [2.45, 2.75) is 70.3 Å². The number of benzene rings is 1. The zero-order valence-corrected chi connectivity index (χ0v) is 21.5. The fourth-order valence-corrected chi connectivity index (χ4v) is 3.76. The first-order valence-electron chi connectivity index (χ1n) is 11.6. The lowest BCUT2D eigenvalue weighted by atomic mass is 10.00. The van der Waals surface area contributed by atoms with Gasteiger partial charge >= 0.3 is 5.97 Å². The van der Waals surface area contributed by atoms with Gasteiger partial charge in [0.25, 0.3) is 0 Å². The van der Waals surface area contributed by atoms with Crippen LogP contribution in [0.2, 0.25) is 0 Å². The highest BCUT2D eigenvalue weighted by Crippen LogP contribution is 2.09. The van der Waals surface area contributed by atoms with Gasteiger partial charge in [0.1, 0.15) is 24.2 Å². The molecule has 0 saturated carbocycles. The molecule has 3 amide bonds. The topological polar surface area (TPSA) is 171 Å². The first-order valence-corrected chi connectivity index (χ1v) is 13.0. The van der Waals surface area contributed by atoms with Crippen molar-refractivity contribution in [1.29, 1.82) is 0 Å². The van der Waals surface area contributed by atoms with Gasteiger partial charge in [-0.3, -0.25) is 14.4 Å². The van der Waals surface area contributed by atoms with Gasteiger partial charge in [-0.05, 0) is 43.3 Å². The molecule has 0 bridgehead atoms. The third kappa shape index (κ3) is 11.1. The number of amides is 3. The Bertz CT molecular complexity index is 837. The van der Waals surface area contributed by atoms with E-state index in [1.165, 1.54) is 18.7 Å². The number of nitrogens with one attached hydrogen (secondary N) is 3. The molecule has 0 heterocycles. The van der Waals surface area contributed by atoms with E-state index < -0.39 is 54.0 Å². The number of aliphatic hydroxyl groups is 1. The number of rotatable bonds is 15. The van der Waals surface area contributed by atoms with Gasteiger partial charge in [-0.1, -0.05) is 44.2 Å². The van der Waals surface area contributed by atoms with Crippen LogP contribution in [-0.2, 0) is 25.6 Å². The number of carbonyl (C=O) groups excluding carboxylic acids is 3. The fraction of sp³-hybridized carbons (Fsp3) is 0.583. The van der Waals surface area contributed by atoms with Crippen LogP contribution < -0.4 is 21.7 Å². The Morgan fingerprint density at radius 1 is 0.914 bits per heavy atom. The molecule has 0 spiro atoms. The minimum Gasteiger partial charge on any atom is -0.480 e. The van der Waals surface area contributed by atoms with Crippen molar-refractivity contribution in [1.82, 2.24) is 16.0 Å². The van der Waals surface area contributed by atoms with Gasteiger partial charge < -0.3 is 31.9 Å². The molecule has 0 fully saturated rings. The van der Waals surface area contributed by atoms with Crippen molar-refractivity contribution >= 4 is 35.5 Å². The summed E-state index contributed by atoms with van der Waals surface area (Å²) in [5.74, 6) is -2.51. The second-order valence-corrected chi connectivity index (χ2v) is 9.87. The zero-order chi connectivity index (χ0) is 26.5. The van der Waals surface area contributed by atoms with Crippen molar-refractivity contribution in [3.05, 3.63) is 35.9 Å². The zero-order valence-electron chi connectivity index (χ0n) is 20.7. The van der Waals surface area contributed by atoms with Crippen LogP contribution in [-0.4, -0.2) is 76.2 Å². The van der Waals surface area contributed by atoms with E-state index in [1.807, 2.05) is 26.2 Å². The van der Waals surface area contributed by atoms with Crippen LogP contribution in [0.25, 0.3) is 0 Å². The number of hydrogen-bond acceptors (Lipinski definition) is 7. The summed E-state index contributed by atoms with van der Waals surface area (Å²) in [6, 6.07) is 4.62. The van der Waals surface area contributed by atoms with Gasteiger partial charge in [0.05, 0.1) is 6.10 Å². The van der Waals surface area contributed by atoms with Gasteiger partial charge in [0.2, 0.25) is 17.7 Å². The van der Waals surface area contributed by atoms with Crippen molar-refractivity contribution in [2.75, 3.05) is 12.0 Å². The van der Waals surface area contributed by atoms with E-state index in [2.05, 4.69) is 16.0 Å². The second-order valence-electron chi connectivity index (χ2n) is 8.89. The molecule has 10 nitrogen and oxygen atoms in total. The van der Waals surface area contributed by atoms with Crippen molar-refractivity contribution in [2.24, 2.45) is 11.7 Å². The molecule has 1 aromatic carbocycles. The van der Waals surface area contributed by atoms with Crippen molar-refractivity contribution < 1.29 is 29.4 Å². The number of carboxylic acid groups (broad SMARTS) is 1. The van der Waals surface area contributed by atoms with Crippen LogP contribution in [0.1, 0.15) is 39.2 Å². The van der Waals surface area contributed by atoms with Crippen LogP contribution >= 0.6 is 11.8 Å². The molecule has 0 aliphatic carbocycles. The number of nitrogens with two attached hydrogens (primary N) is 1. The van der Waals surface area contributed by atoms with E-state index in [1.54, 1.807) is 24.3 Å². The summed E-state index contributed by atoms with van der Waals surface area (Å²) < 4.78 is 0. The number of hydrogen-bond donors (Lipinski definition) is 6. The maximum absolute atomic E-state index is 13.2. The second kappa shape index (κ2) is 15.4. The lowest BCUT2D eigenvalue weighted by molar-refractivity contribution is -0.142. The lowest BCUT2D eigenvalue weighted by Gasteiger charge is -2.26. The Hall–Kier alpha value is -2.63. The van der Waals surface area contributed by atoms with E-state index in [4.69, 9.17) is 5.73 Å². The highest BCUT2D eigenvalue weighted by Gasteiger charge is 2.31. The summed E-state index contributed by atoms with van der Waals surface area (Å²) >= 11 is 1.46. The quantitative estimate of drug-likeness (QED) is 0.195. The number of carbonyl (C=O) groups is 4. The Balaban J connectivity index is 3.11. The molecule has 5 unspecified atom stereocenters. The van der Waals surface area contributed by atoms with Crippen molar-refractivity contribution in [3.8, 4) is 0 Å². The van der Waals surface area contributed by atoms with E-state index in [-0.39, 0.29) is 25.2 Å². The maximum atomic E-state index is 13.2. The Morgan fingerprint density at radius 3 is 1.97 bits per heavy atom. The standard InChI is InChI=1S/C24H38N4O6S/c1-14(2)12-18(28-23(32)20(25)15(3)29)21(30)27-19(13-16-8-6-5-7-9-16)22(31)26-17(24(33)34)10-11-35-4/h5-9,14-15,17-20,29H,10-13,25H2,1-4H3,(H,26,31)(H,27,30)(H,28,32)(H,33,34). The molecule has 196 valence electrons. The fourth-order valence-electron chi connectivity index (χ4n) is 3.29. The van der Waals surface area contributed by atoms with E-state index in [0.29, 0.717) is 5.75 Å². The van der Waals surface area contributed by atoms with Crippen molar-refractivity contribution in [3.63, 3.8) is 0 Å². The highest BCUT2D eigenvalue weighted by molar-refractivity contribution is 7.98. The normalized spacial score (nSPS) is 15.4. The lowest BCUT2D eigenvalue weighted by Crippen LogP contribution is -2.58. The molecule has 0 radical (unpaired) electrons. The first kappa shape index (κ1) is 30.4. The monoisotopic (exact) mass is 510 g/mol. The SMILES string of the molecule is CSCCC(NC(=O)C(Cc1ccccc1)NC(=O)C(CC(C)C)NC(=O)C(N)C(C)O)C(=O)O. The van der Waals surface area contributed by atoms with Gasteiger partial charge in [0.15, 0.2) is 0 Å². The third-order valence-electron chi connectivity index (χ3n) is 5.30. The average Bonchev–Trinajstić information content (AvgIpc) is 2.80. The molecule has 0 saturated heterocycles. The van der Waals surface area contributed by atoms with Gasteiger partial charge in [0, 0.05) is 6.42 Å². The Labute approximate surface area is 210 Å². The maximum Gasteiger partial charge on any atom is 0.326 e. The minimum absolute atomic E-state index is 0.0261. The molecular formula is C24H38N4O6S. The van der Waals surface area contributed by atoms with Gasteiger partial charge in [-0.2, -0.15) is 11.8 Å². The predicted molar refractivity (Wildman–Crippen MR) is 136 cm³/mol.